The molecule has 2 aromatic rings. The first-order chi connectivity index (χ1) is 7.11. The summed E-state index contributed by atoms with van der Waals surface area (Å²) >= 11 is 0. The number of pyridine rings is 1. The fraction of sp³-hybridized carbons (Fsp3) is 0.250. The van der Waals surface area contributed by atoms with Crippen LogP contribution in [0, 0.1) is 13.8 Å². The Morgan fingerprint density at radius 2 is 1.73 bits per heavy atom. The maximum Gasteiger partial charge on any atom is 0.280 e. The summed E-state index contributed by atoms with van der Waals surface area (Å²) in [5, 5.41) is 0.944. The summed E-state index contributed by atoms with van der Waals surface area (Å²) in [6.45, 7) is 3.54. The number of aryl methyl sites for hydroxylation is 1. The van der Waals surface area contributed by atoms with E-state index in [4.69, 9.17) is 0 Å². The molecule has 0 amide bonds. The summed E-state index contributed by atoms with van der Waals surface area (Å²) in [6.07, 6.45) is -2.51. The largest absolute Gasteiger partial charge is 0.280 e. The second-order valence-electron chi connectivity index (χ2n) is 3.56. The van der Waals surface area contributed by atoms with Gasteiger partial charge in [-0.25, -0.2) is 13.8 Å². The van der Waals surface area contributed by atoms with Crippen LogP contribution in [0.4, 0.5) is 8.78 Å². The first-order valence-electron chi connectivity index (χ1n) is 4.75. The third-order valence-corrected chi connectivity index (χ3v) is 2.70. The van der Waals surface area contributed by atoms with E-state index in [2.05, 4.69) is 4.98 Å². The van der Waals surface area contributed by atoms with E-state index in [0.29, 0.717) is 11.1 Å². The number of alkyl halides is 2. The zero-order chi connectivity index (χ0) is 11.0. The normalized spacial score (nSPS) is 11.3. The highest BCUT2D eigenvalue weighted by Crippen LogP contribution is 2.27. The molecule has 1 aromatic heterocycles. The Labute approximate surface area is 86.8 Å². The van der Waals surface area contributed by atoms with Crippen LogP contribution in [0.3, 0.4) is 0 Å². The summed E-state index contributed by atoms with van der Waals surface area (Å²) in [4.78, 5) is 3.99. The second kappa shape index (κ2) is 3.57. The number of nitrogens with zero attached hydrogens (tertiary/aromatic N) is 1. The van der Waals surface area contributed by atoms with Crippen molar-refractivity contribution < 1.29 is 8.78 Å². The molecule has 0 aliphatic carbocycles. The Morgan fingerprint density at radius 3 is 2.40 bits per heavy atom. The second-order valence-corrected chi connectivity index (χ2v) is 3.56. The fourth-order valence-corrected chi connectivity index (χ4v) is 1.71. The molecule has 1 heterocycles. The lowest BCUT2D eigenvalue weighted by Gasteiger charge is -2.10. The average Bonchev–Trinajstić information content (AvgIpc) is 2.23. The molecular weight excluding hydrogens is 196 g/mol. The smallest absolute Gasteiger partial charge is 0.247 e. The van der Waals surface area contributed by atoms with Crippen molar-refractivity contribution in [2.45, 2.75) is 20.3 Å². The Morgan fingerprint density at radius 1 is 1.07 bits per heavy atom. The van der Waals surface area contributed by atoms with Crippen LogP contribution in [0.5, 0.6) is 0 Å². The van der Waals surface area contributed by atoms with E-state index in [1.807, 2.05) is 19.1 Å². The molecule has 0 N–H and O–H groups in total. The maximum atomic E-state index is 12.7. The van der Waals surface area contributed by atoms with Gasteiger partial charge in [0.1, 0.15) is 5.69 Å². The van der Waals surface area contributed by atoms with Crippen molar-refractivity contribution in [3.8, 4) is 0 Å². The third-order valence-electron chi connectivity index (χ3n) is 2.70. The number of fused-ring (bicyclic) bond motifs is 1. The monoisotopic (exact) mass is 207 g/mol. The molecule has 0 saturated heterocycles. The molecule has 0 aliphatic heterocycles. The summed E-state index contributed by atoms with van der Waals surface area (Å²) in [5.41, 5.74) is 2.00. The number of hydrogen-bond acceptors (Lipinski definition) is 1. The lowest BCUT2D eigenvalue weighted by molar-refractivity contribution is 0.145. The van der Waals surface area contributed by atoms with Gasteiger partial charge in [0, 0.05) is 5.39 Å². The third kappa shape index (κ3) is 1.58. The van der Waals surface area contributed by atoms with Crippen molar-refractivity contribution in [2.24, 2.45) is 0 Å². The molecule has 0 unspecified atom stereocenters. The van der Waals surface area contributed by atoms with Crippen molar-refractivity contribution in [3.63, 3.8) is 0 Å². The average molecular weight is 207 g/mol. The molecular formula is C12H11F2N. The van der Waals surface area contributed by atoms with E-state index in [0.717, 1.165) is 10.9 Å². The van der Waals surface area contributed by atoms with Gasteiger partial charge in [-0.3, -0.25) is 0 Å². The lowest BCUT2D eigenvalue weighted by Crippen LogP contribution is -1.98. The van der Waals surface area contributed by atoms with Gasteiger partial charge in [0.2, 0.25) is 0 Å². The molecule has 0 bridgehead atoms. The molecule has 0 spiro atoms. The summed E-state index contributed by atoms with van der Waals surface area (Å²) < 4.78 is 25.3. The molecule has 1 aromatic carbocycles. The number of para-hydroxylation sites is 1. The van der Waals surface area contributed by atoms with Gasteiger partial charge in [0.05, 0.1) is 5.52 Å². The summed E-state index contributed by atoms with van der Waals surface area (Å²) in [7, 11) is 0. The predicted molar refractivity (Wildman–Crippen MR) is 56.2 cm³/mol. The van der Waals surface area contributed by atoms with Crippen molar-refractivity contribution in [1.82, 2.24) is 4.98 Å². The van der Waals surface area contributed by atoms with Crippen LogP contribution in [0.25, 0.3) is 10.9 Å². The SMILES string of the molecule is Cc1c(C(F)F)nc2ccccc2c1C. The van der Waals surface area contributed by atoms with Gasteiger partial charge in [-0.05, 0) is 31.0 Å². The van der Waals surface area contributed by atoms with Crippen molar-refractivity contribution in [3.05, 3.63) is 41.1 Å². The number of rotatable bonds is 1. The van der Waals surface area contributed by atoms with Crippen LogP contribution >= 0.6 is 0 Å². The van der Waals surface area contributed by atoms with Crippen LogP contribution in [-0.4, -0.2) is 4.98 Å². The van der Waals surface area contributed by atoms with Gasteiger partial charge >= 0.3 is 0 Å². The van der Waals surface area contributed by atoms with E-state index >= 15 is 0 Å². The predicted octanol–water partition coefficient (Wildman–Crippen LogP) is 3.79. The highest BCUT2D eigenvalue weighted by molar-refractivity contribution is 5.83. The molecule has 0 radical (unpaired) electrons. The molecule has 78 valence electrons. The van der Waals surface area contributed by atoms with E-state index in [-0.39, 0.29) is 5.69 Å². The van der Waals surface area contributed by atoms with Crippen LogP contribution in [0.1, 0.15) is 23.2 Å². The maximum absolute atomic E-state index is 12.7. The van der Waals surface area contributed by atoms with Crippen LogP contribution < -0.4 is 0 Å². The first kappa shape index (κ1) is 10.0. The van der Waals surface area contributed by atoms with Crippen LogP contribution in [0.15, 0.2) is 24.3 Å². The minimum absolute atomic E-state index is 0.105. The summed E-state index contributed by atoms with van der Waals surface area (Å²) in [5.74, 6) is 0. The molecule has 3 heteroatoms. The Kier molecular flexibility index (Phi) is 2.39. The molecule has 15 heavy (non-hydrogen) atoms. The number of halogens is 2. The number of aromatic nitrogens is 1. The van der Waals surface area contributed by atoms with Crippen molar-refractivity contribution in [1.29, 1.82) is 0 Å². The van der Waals surface area contributed by atoms with Gasteiger partial charge < -0.3 is 0 Å². The lowest BCUT2D eigenvalue weighted by atomic mass is 10.0. The Balaban J connectivity index is 2.82. The molecule has 1 nitrogen and oxygen atoms in total. The standard InChI is InChI=1S/C12H11F2N/c1-7-8(2)11(12(13)14)15-10-6-4-3-5-9(7)10/h3-6,12H,1-2H3. The number of benzene rings is 1. The minimum Gasteiger partial charge on any atom is -0.247 e. The summed E-state index contributed by atoms with van der Waals surface area (Å²) in [6, 6.07) is 7.35. The number of hydrogen-bond donors (Lipinski definition) is 0. The van der Waals surface area contributed by atoms with Gasteiger partial charge in [0.25, 0.3) is 6.43 Å². The van der Waals surface area contributed by atoms with E-state index < -0.39 is 6.43 Å². The first-order valence-corrected chi connectivity index (χ1v) is 4.75. The molecule has 0 aliphatic rings. The van der Waals surface area contributed by atoms with Gasteiger partial charge in [-0.1, -0.05) is 18.2 Å². The molecule has 0 atom stereocenters. The zero-order valence-corrected chi connectivity index (χ0v) is 8.59. The van der Waals surface area contributed by atoms with Gasteiger partial charge in [0.15, 0.2) is 0 Å². The van der Waals surface area contributed by atoms with E-state index in [1.54, 1.807) is 19.1 Å². The highest BCUT2D eigenvalue weighted by atomic mass is 19.3. The van der Waals surface area contributed by atoms with Gasteiger partial charge in [-0.2, -0.15) is 0 Å². The molecule has 0 fully saturated rings. The molecule has 2 rings (SSSR count). The Hall–Kier alpha value is -1.51. The van der Waals surface area contributed by atoms with Crippen LogP contribution in [0.2, 0.25) is 0 Å². The topological polar surface area (TPSA) is 12.9 Å². The van der Waals surface area contributed by atoms with Crippen molar-refractivity contribution >= 4 is 10.9 Å². The van der Waals surface area contributed by atoms with Crippen molar-refractivity contribution in [2.75, 3.05) is 0 Å². The van der Waals surface area contributed by atoms with Crippen LogP contribution in [-0.2, 0) is 0 Å². The highest BCUT2D eigenvalue weighted by Gasteiger charge is 2.15. The zero-order valence-electron chi connectivity index (χ0n) is 8.59. The quantitative estimate of drug-likeness (QED) is 0.693. The fourth-order valence-electron chi connectivity index (χ4n) is 1.71. The Bertz CT molecular complexity index is 506. The van der Waals surface area contributed by atoms with E-state index in [9.17, 15) is 8.78 Å². The van der Waals surface area contributed by atoms with E-state index in [1.165, 1.54) is 0 Å². The minimum atomic E-state index is -2.51. The van der Waals surface area contributed by atoms with Gasteiger partial charge in [-0.15, -0.1) is 0 Å². The molecule has 0 saturated carbocycles.